The van der Waals surface area contributed by atoms with Gasteiger partial charge in [-0.1, -0.05) is 34.1 Å². The molecule has 84 valence electrons. The Morgan fingerprint density at radius 3 is 1.93 bits per heavy atom. The molecule has 0 radical (unpaired) electrons. The predicted molar refractivity (Wildman–Crippen MR) is 63.7 cm³/mol. The molecule has 0 amide bonds. The molecule has 0 aliphatic heterocycles. The zero-order valence-electron chi connectivity index (χ0n) is 10.3. The van der Waals surface area contributed by atoms with Crippen LogP contribution < -0.4 is 0 Å². The molecule has 1 aromatic heterocycles. The first-order chi connectivity index (χ1) is 7.11. The van der Waals surface area contributed by atoms with Crippen LogP contribution in [0.5, 0.6) is 0 Å². The summed E-state index contributed by atoms with van der Waals surface area (Å²) in [6, 6.07) is 0. The van der Waals surface area contributed by atoms with Crippen molar-refractivity contribution in [3.63, 3.8) is 0 Å². The molecule has 1 atom stereocenters. The second-order valence-corrected chi connectivity index (χ2v) is 4.81. The lowest BCUT2D eigenvalue weighted by Gasteiger charge is -2.08. The summed E-state index contributed by atoms with van der Waals surface area (Å²) in [4.78, 5) is 8.90. The number of hydrogen-bond donors (Lipinski definition) is 0. The lowest BCUT2D eigenvalue weighted by molar-refractivity contribution is 0.549. The van der Waals surface area contributed by atoms with Crippen LogP contribution in [-0.4, -0.2) is 9.97 Å². The predicted octanol–water partition coefficient (Wildman–Crippen LogP) is 3.26. The Morgan fingerprint density at radius 1 is 1.00 bits per heavy atom. The highest BCUT2D eigenvalue weighted by Gasteiger charge is 2.04. The molecule has 2 heteroatoms. The van der Waals surface area contributed by atoms with Crippen molar-refractivity contribution in [1.29, 1.82) is 0 Å². The number of rotatable bonds is 5. The van der Waals surface area contributed by atoms with Crippen molar-refractivity contribution in [2.45, 2.75) is 47.0 Å². The molecule has 1 unspecified atom stereocenters. The molecule has 1 heterocycles. The topological polar surface area (TPSA) is 25.8 Å². The lowest BCUT2D eigenvalue weighted by atomic mass is 10.0. The molecule has 0 saturated carbocycles. The van der Waals surface area contributed by atoms with Crippen LogP contribution in [0.15, 0.2) is 12.4 Å². The standard InChI is InChI=1S/C13H22N2/c1-5-11(4)7-13-9-14-12(8-15-13)6-10(2)3/h8-11H,5-7H2,1-4H3. The van der Waals surface area contributed by atoms with Crippen molar-refractivity contribution in [2.75, 3.05) is 0 Å². The third-order valence-electron chi connectivity index (χ3n) is 2.63. The fourth-order valence-corrected chi connectivity index (χ4v) is 1.51. The molecule has 0 aliphatic rings. The number of aromatic nitrogens is 2. The minimum Gasteiger partial charge on any atom is -0.258 e. The highest BCUT2D eigenvalue weighted by molar-refractivity contribution is 5.03. The average Bonchev–Trinajstić information content (AvgIpc) is 2.20. The minimum absolute atomic E-state index is 0.653. The molecule has 0 saturated heterocycles. The molecule has 15 heavy (non-hydrogen) atoms. The molecular weight excluding hydrogens is 184 g/mol. The molecule has 0 aromatic carbocycles. The Kier molecular flexibility index (Phi) is 4.73. The van der Waals surface area contributed by atoms with Crippen LogP contribution in [0.3, 0.4) is 0 Å². The van der Waals surface area contributed by atoms with Crippen molar-refractivity contribution in [3.05, 3.63) is 23.8 Å². The van der Waals surface area contributed by atoms with E-state index in [-0.39, 0.29) is 0 Å². The number of nitrogens with zero attached hydrogens (tertiary/aromatic N) is 2. The minimum atomic E-state index is 0.653. The molecule has 0 bridgehead atoms. The van der Waals surface area contributed by atoms with Gasteiger partial charge >= 0.3 is 0 Å². The highest BCUT2D eigenvalue weighted by Crippen LogP contribution is 2.09. The van der Waals surface area contributed by atoms with E-state index in [4.69, 9.17) is 0 Å². The maximum atomic E-state index is 4.46. The third kappa shape index (κ3) is 4.41. The molecule has 0 spiro atoms. The monoisotopic (exact) mass is 206 g/mol. The normalized spacial score (nSPS) is 13.1. The van der Waals surface area contributed by atoms with Gasteiger partial charge in [0.05, 0.1) is 11.4 Å². The van der Waals surface area contributed by atoms with E-state index in [0.717, 1.165) is 24.2 Å². The van der Waals surface area contributed by atoms with Crippen molar-refractivity contribution in [1.82, 2.24) is 9.97 Å². The first kappa shape index (κ1) is 12.2. The van der Waals surface area contributed by atoms with Crippen molar-refractivity contribution < 1.29 is 0 Å². The fraction of sp³-hybridized carbons (Fsp3) is 0.692. The van der Waals surface area contributed by atoms with Gasteiger partial charge in [0.1, 0.15) is 0 Å². The Morgan fingerprint density at radius 2 is 1.53 bits per heavy atom. The van der Waals surface area contributed by atoms with Crippen LogP contribution in [0.25, 0.3) is 0 Å². The summed E-state index contributed by atoms with van der Waals surface area (Å²) in [6.45, 7) is 8.87. The third-order valence-corrected chi connectivity index (χ3v) is 2.63. The number of hydrogen-bond acceptors (Lipinski definition) is 2. The van der Waals surface area contributed by atoms with Gasteiger partial charge in [-0.15, -0.1) is 0 Å². The Bertz CT molecular complexity index is 277. The second-order valence-electron chi connectivity index (χ2n) is 4.81. The molecule has 0 N–H and O–H groups in total. The van der Waals surface area contributed by atoms with E-state index in [2.05, 4.69) is 37.7 Å². The van der Waals surface area contributed by atoms with Crippen molar-refractivity contribution in [3.8, 4) is 0 Å². The lowest BCUT2D eigenvalue weighted by Crippen LogP contribution is -2.03. The van der Waals surface area contributed by atoms with E-state index < -0.39 is 0 Å². The van der Waals surface area contributed by atoms with Crippen LogP contribution in [0.4, 0.5) is 0 Å². The summed E-state index contributed by atoms with van der Waals surface area (Å²) in [5.74, 6) is 1.36. The van der Waals surface area contributed by atoms with Gasteiger partial charge in [0.15, 0.2) is 0 Å². The summed E-state index contributed by atoms with van der Waals surface area (Å²) in [7, 11) is 0. The fourth-order valence-electron chi connectivity index (χ4n) is 1.51. The van der Waals surface area contributed by atoms with Gasteiger partial charge in [0, 0.05) is 12.4 Å². The Labute approximate surface area is 93.2 Å². The van der Waals surface area contributed by atoms with Gasteiger partial charge in [0.25, 0.3) is 0 Å². The first-order valence-corrected chi connectivity index (χ1v) is 5.91. The van der Waals surface area contributed by atoms with E-state index in [1.54, 1.807) is 0 Å². The molecule has 0 aliphatic carbocycles. The van der Waals surface area contributed by atoms with Gasteiger partial charge in [0.2, 0.25) is 0 Å². The van der Waals surface area contributed by atoms with Gasteiger partial charge < -0.3 is 0 Å². The molecule has 0 fully saturated rings. The van der Waals surface area contributed by atoms with E-state index in [1.165, 1.54) is 6.42 Å². The smallest absolute Gasteiger partial charge is 0.0589 e. The van der Waals surface area contributed by atoms with Crippen LogP contribution in [0.1, 0.15) is 45.5 Å². The van der Waals surface area contributed by atoms with Crippen LogP contribution >= 0.6 is 0 Å². The van der Waals surface area contributed by atoms with Crippen molar-refractivity contribution >= 4 is 0 Å². The quantitative estimate of drug-likeness (QED) is 0.739. The van der Waals surface area contributed by atoms with Crippen LogP contribution in [0, 0.1) is 11.8 Å². The van der Waals surface area contributed by atoms with E-state index >= 15 is 0 Å². The summed E-state index contributed by atoms with van der Waals surface area (Å²) < 4.78 is 0. The molecular formula is C13H22N2. The summed E-state index contributed by atoms with van der Waals surface area (Å²) in [5, 5.41) is 0. The Balaban J connectivity index is 2.56. The highest BCUT2D eigenvalue weighted by atomic mass is 14.8. The SMILES string of the molecule is CCC(C)Cc1cnc(CC(C)C)cn1. The summed E-state index contributed by atoms with van der Waals surface area (Å²) >= 11 is 0. The van der Waals surface area contributed by atoms with Crippen LogP contribution in [0.2, 0.25) is 0 Å². The summed E-state index contributed by atoms with van der Waals surface area (Å²) in [5.41, 5.74) is 2.23. The van der Waals surface area contributed by atoms with Crippen molar-refractivity contribution in [2.24, 2.45) is 11.8 Å². The van der Waals surface area contributed by atoms with E-state index in [9.17, 15) is 0 Å². The largest absolute Gasteiger partial charge is 0.258 e. The molecule has 1 aromatic rings. The summed E-state index contributed by atoms with van der Waals surface area (Å²) in [6.07, 6.45) is 7.14. The molecule has 1 rings (SSSR count). The maximum absolute atomic E-state index is 4.46. The van der Waals surface area contributed by atoms with E-state index in [0.29, 0.717) is 11.8 Å². The van der Waals surface area contributed by atoms with E-state index in [1.807, 2.05) is 12.4 Å². The molecule has 2 nitrogen and oxygen atoms in total. The Hall–Kier alpha value is -0.920. The van der Waals surface area contributed by atoms with Gasteiger partial charge in [-0.3, -0.25) is 9.97 Å². The zero-order chi connectivity index (χ0) is 11.3. The first-order valence-electron chi connectivity index (χ1n) is 5.91. The van der Waals surface area contributed by atoms with Crippen LogP contribution in [-0.2, 0) is 12.8 Å². The zero-order valence-corrected chi connectivity index (χ0v) is 10.3. The van der Waals surface area contributed by atoms with Gasteiger partial charge in [-0.2, -0.15) is 0 Å². The second kappa shape index (κ2) is 5.84. The van der Waals surface area contributed by atoms with Gasteiger partial charge in [-0.05, 0) is 24.7 Å². The van der Waals surface area contributed by atoms with Gasteiger partial charge in [-0.25, -0.2) is 0 Å². The average molecular weight is 206 g/mol. The maximum Gasteiger partial charge on any atom is 0.0589 e.